The molecule has 11 heteroatoms. The molecule has 1 amide bonds. The van der Waals surface area contributed by atoms with Gasteiger partial charge in [0.2, 0.25) is 5.76 Å². The summed E-state index contributed by atoms with van der Waals surface area (Å²) < 4.78 is 52.0. The number of methoxy groups -OCH3 is 1. The number of carboxylic acids is 1. The Kier molecular flexibility index (Phi) is 9.07. The van der Waals surface area contributed by atoms with Gasteiger partial charge in [-0.1, -0.05) is 19.1 Å². The number of ether oxygens (including phenoxy) is 2. The van der Waals surface area contributed by atoms with E-state index in [1.165, 1.54) is 0 Å². The number of hydrogen-bond donors (Lipinski definition) is 2. The SMILES string of the molecule is CO/C(=C/c1c(F)cc(C(=O)Nc2nc(-c3ccccc3OCCC(C)CF)cs2)cc1F)C(=O)O. The predicted octanol–water partition coefficient (Wildman–Crippen LogP) is 5.79. The summed E-state index contributed by atoms with van der Waals surface area (Å²) in [5, 5.41) is 13.3. The van der Waals surface area contributed by atoms with Crippen LogP contribution in [0.3, 0.4) is 0 Å². The van der Waals surface area contributed by atoms with E-state index in [9.17, 15) is 22.8 Å². The van der Waals surface area contributed by atoms with Crippen molar-refractivity contribution in [3.05, 3.63) is 70.3 Å². The van der Waals surface area contributed by atoms with Crippen LogP contribution in [-0.4, -0.2) is 42.4 Å². The molecular formula is C25H23F3N2O5S. The van der Waals surface area contributed by atoms with Crippen molar-refractivity contribution in [2.75, 3.05) is 25.7 Å². The number of carbonyl (C=O) groups is 2. The van der Waals surface area contributed by atoms with Gasteiger partial charge in [0, 0.05) is 28.1 Å². The summed E-state index contributed by atoms with van der Waals surface area (Å²) in [5.74, 6) is -4.80. The van der Waals surface area contributed by atoms with Crippen molar-refractivity contribution in [1.82, 2.24) is 4.98 Å². The molecule has 0 aliphatic heterocycles. The molecule has 0 saturated heterocycles. The molecule has 3 rings (SSSR count). The van der Waals surface area contributed by atoms with Gasteiger partial charge in [0.15, 0.2) is 5.13 Å². The van der Waals surface area contributed by atoms with Gasteiger partial charge in [-0.15, -0.1) is 11.3 Å². The molecule has 2 aromatic carbocycles. The number of nitrogens with one attached hydrogen (secondary N) is 1. The summed E-state index contributed by atoms with van der Waals surface area (Å²) in [5.41, 5.74) is 0.213. The quantitative estimate of drug-likeness (QED) is 0.246. The van der Waals surface area contributed by atoms with Crippen LogP contribution >= 0.6 is 11.3 Å². The molecular weight excluding hydrogens is 497 g/mol. The number of para-hydroxylation sites is 1. The lowest BCUT2D eigenvalue weighted by atomic mass is 10.1. The second kappa shape index (κ2) is 12.2. The Morgan fingerprint density at radius 2 is 1.92 bits per heavy atom. The van der Waals surface area contributed by atoms with Gasteiger partial charge in [-0.05, 0) is 36.6 Å². The average molecular weight is 521 g/mol. The Morgan fingerprint density at radius 3 is 2.56 bits per heavy atom. The molecule has 0 aliphatic carbocycles. The highest BCUT2D eigenvalue weighted by molar-refractivity contribution is 7.14. The molecule has 36 heavy (non-hydrogen) atoms. The van der Waals surface area contributed by atoms with Gasteiger partial charge in [-0.25, -0.2) is 18.6 Å². The maximum Gasteiger partial charge on any atom is 0.371 e. The first-order chi connectivity index (χ1) is 17.2. The van der Waals surface area contributed by atoms with Crippen LogP contribution in [-0.2, 0) is 9.53 Å². The number of rotatable bonds is 11. The van der Waals surface area contributed by atoms with Crippen molar-refractivity contribution in [2.24, 2.45) is 5.92 Å². The van der Waals surface area contributed by atoms with E-state index in [4.69, 9.17) is 9.84 Å². The molecule has 0 fully saturated rings. The van der Waals surface area contributed by atoms with Crippen molar-refractivity contribution in [3.63, 3.8) is 0 Å². The number of aromatic nitrogens is 1. The molecule has 2 N–H and O–H groups in total. The van der Waals surface area contributed by atoms with Crippen molar-refractivity contribution in [2.45, 2.75) is 13.3 Å². The first-order valence-electron chi connectivity index (χ1n) is 10.8. The minimum Gasteiger partial charge on any atom is -0.493 e. The van der Waals surface area contributed by atoms with Crippen LogP contribution in [0.25, 0.3) is 17.3 Å². The fourth-order valence-electron chi connectivity index (χ4n) is 3.07. The van der Waals surface area contributed by atoms with Crippen LogP contribution in [0.2, 0.25) is 0 Å². The Hall–Kier alpha value is -3.86. The number of anilines is 1. The molecule has 1 atom stereocenters. The van der Waals surface area contributed by atoms with Crippen molar-refractivity contribution in [3.8, 4) is 17.0 Å². The van der Waals surface area contributed by atoms with Gasteiger partial charge in [0.05, 0.1) is 26.1 Å². The Bertz CT molecular complexity index is 1260. The molecule has 0 aliphatic rings. The summed E-state index contributed by atoms with van der Waals surface area (Å²) in [7, 11) is 1.05. The van der Waals surface area contributed by atoms with E-state index in [0.717, 1.165) is 30.6 Å². The summed E-state index contributed by atoms with van der Waals surface area (Å²) in [6, 6.07) is 8.71. The third kappa shape index (κ3) is 6.63. The standard InChI is InChI=1S/C25H23F3N2O5S/c1-14(12-26)7-8-35-21-6-4-3-5-16(21)20-13-36-25(29-20)30-23(31)15-9-18(27)17(19(28)10-15)11-22(34-2)24(32)33/h3-6,9-11,13-14H,7-8,12H2,1-2H3,(H,32,33)(H,29,30,31)/b22-11+. The van der Waals surface area contributed by atoms with E-state index in [1.54, 1.807) is 36.6 Å². The molecule has 0 radical (unpaired) electrons. The lowest BCUT2D eigenvalue weighted by molar-refractivity contribution is -0.135. The van der Waals surface area contributed by atoms with E-state index >= 15 is 0 Å². The van der Waals surface area contributed by atoms with E-state index in [1.807, 2.05) is 0 Å². The molecule has 0 bridgehead atoms. The summed E-state index contributed by atoms with van der Waals surface area (Å²) in [6.45, 7) is 1.69. The van der Waals surface area contributed by atoms with Crippen molar-refractivity contribution >= 4 is 34.4 Å². The summed E-state index contributed by atoms with van der Waals surface area (Å²) in [4.78, 5) is 28.0. The molecule has 0 saturated carbocycles. The van der Waals surface area contributed by atoms with E-state index in [-0.39, 0.29) is 16.6 Å². The third-order valence-corrected chi connectivity index (χ3v) is 5.82. The van der Waals surface area contributed by atoms with Crippen molar-refractivity contribution < 1.29 is 37.3 Å². The minimum absolute atomic E-state index is 0.114. The van der Waals surface area contributed by atoms with Gasteiger partial charge >= 0.3 is 5.97 Å². The first-order valence-corrected chi connectivity index (χ1v) is 11.6. The average Bonchev–Trinajstić information content (AvgIpc) is 3.31. The van der Waals surface area contributed by atoms with Crippen LogP contribution in [0.1, 0.15) is 29.3 Å². The number of aliphatic carboxylic acids is 1. The smallest absolute Gasteiger partial charge is 0.371 e. The lowest BCUT2D eigenvalue weighted by Crippen LogP contribution is -2.13. The number of carbonyl (C=O) groups excluding carboxylic acids is 1. The maximum absolute atomic E-state index is 14.5. The molecule has 3 aromatic rings. The number of halogens is 3. The molecule has 1 aromatic heterocycles. The van der Waals surface area contributed by atoms with E-state index in [2.05, 4.69) is 15.0 Å². The Morgan fingerprint density at radius 1 is 1.22 bits per heavy atom. The van der Waals surface area contributed by atoms with Crippen LogP contribution in [0.4, 0.5) is 18.3 Å². The number of nitrogens with zero attached hydrogens (tertiary/aromatic N) is 1. The summed E-state index contributed by atoms with van der Waals surface area (Å²) in [6.07, 6.45) is 1.24. The number of hydrogen-bond acceptors (Lipinski definition) is 6. The second-order valence-electron chi connectivity index (χ2n) is 7.76. The normalized spacial score (nSPS) is 12.2. The second-order valence-corrected chi connectivity index (χ2v) is 8.61. The number of thiazole rings is 1. The molecule has 1 heterocycles. The Labute approximate surface area is 209 Å². The number of alkyl halides is 1. The number of benzene rings is 2. The molecule has 0 spiro atoms. The van der Waals surface area contributed by atoms with E-state index in [0.29, 0.717) is 36.1 Å². The topological polar surface area (TPSA) is 97.8 Å². The minimum atomic E-state index is -1.50. The van der Waals surface area contributed by atoms with Crippen LogP contribution < -0.4 is 10.1 Å². The monoisotopic (exact) mass is 520 g/mol. The van der Waals surface area contributed by atoms with Crippen LogP contribution in [0.5, 0.6) is 5.75 Å². The van der Waals surface area contributed by atoms with Crippen LogP contribution in [0.15, 0.2) is 47.5 Å². The van der Waals surface area contributed by atoms with Gasteiger partial charge in [0.25, 0.3) is 5.91 Å². The lowest BCUT2D eigenvalue weighted by Gasteiger charge is -2.11. The molecule has 190 valence electrons. The fraction of sp³-hybridized carbons (Fsp3) is 0.240. The third-order valence-electron chi connectivity index (χ3n) is 5.07. The largest absolute Gasteiger partial charge is 0.493 e. The zero-order valence-electron chi connectivity index (χ0n) is 19.4. The highest BCUT2D eigenvalue weighted by Crippen LogP contribution is 2.32. The van der Waals surface area contributed by atoms with Gasteiger partial charge < -0.3 is 14.6 Å². The first kappa shape index (κ1) is 26.7. The molecule has 7 nitrogen and oxygen atoms in total. The maximum atomic E-state index is 14.5. The van der Waals surface area contributed by atoms with Gasteiger partial charge in [-0.3, -0.25) is 14.5 Å². The highest BCUT2D eigenvalue weighted by Gasteiger charge is 2.18. The zero-order valence-corrected chi connectivity index (χ0v) is 20.2. The molecule has 1 unspecified atom stereocenters. The van der Waals surface area contributed by atoms with Gasteiger partial charge in [-0.2, -0.15) is 0 Å². The number of amides is 1. The fourth-order valence-corrected chi connectivity index (χ4v) is 3.77. The zero-order chi connectivity index (χ0) is 26.2. The number of carboxylic acid groups (broad SMARTS) is 1. The van der Waals surface area contributed by atoms with E-state index < -0.39 is 41.5 Å². The van der Waals surface area contributed by atoms with Crippen LogP contribution in [0, 0.1) is 17.6 Å². The predicted molar refractivity (Wildman–Crippen MR) is 130 cm³/mol. The highest BCUT2D eigenvalue weighted by atomic mass is 32.1. The Balaban J connectivity index is 1.76. The summed E-state index contributed by atoms with van der Waals surface area (Å²) >= 11 is 1.11. The van der Waals surface area contributed by atoms with Gasteiger partial charge in [0.1, 0.15) is 17.4 Å². The van der Waals surface area contributed by atoms with Crippen molar-refractivity contribution in [1.29, 1.82) is 0 Å².